The molecule has 1 fully saturated rings. The molecule has 30 heavy (non-hydrogen) atoms. The Bertz CT molecular complexity index is 947. The number of carbonyl (C=O) groups excluding carboxylic acids is 2. The van der Waals surface area contributed by atoms with Gasteiger partial charge in [-0.05, 0) is 48.7 Å². The van der Waals surface area contributed by atoms with Gasteiger partial charge in [0.1, 0.15) is 0 Å². The van der Waals surface area contributed by atoms with Crippen LogP contribution >= 0.6 is 23.2 Å². The summed E-state index contributed by atoms with van der Waals surface area (Å²) in [7, 11) is 0. The standard InChI is InChI=1S/C23H25Cl2N3O2/c1-16-4-3-5-17(2)23(16)26-21(29)15-27-10-12-28(13-11-27)22(30)9-7-18-6-8-19(24)20(25)14-18/h3-9,14H,10-13,15H2,1-2H3,(H,26,29)/b9-7+. The van der Waals surface area contributed by atoms with E-state index in [1.165, 1.54) is 0 Å². The van der Waals surface area contributed by atoms with Crippen LogP contribution in [0.4, 0.5) is 5.69 Å². The zero-order chi connectivity index (χ0) is 21.7. The van der Waals surface area contributed by atoms with Gasteiger partial charge in [0.15, 0.2) is 0 Å². The molecule has 1 aliphatic rings. The molecule has 158 valence electrons. The summed E-state index contributed by atoms with van der Waals surface area (Å²) in [6, 6.07) is 11.2. The van der Waals surface area contributed by atoms with E-state index in [1.54, 1.807) is 29.2 Å². The van der Waals surface area contributed by atoms with Gasteiger partial charge in [0.25, 0.3) is 0 Å². The fourth-order valence-electron chi connectivity index (χ4n) is 3.41. The molecule has 0 saturated carbocycles. The molecule has 0 atom stereocenters. The monoisotopic (exact) mass is 445 g/mol. The zero-order valence-electron chi connectivity index (χ0n) is 17.1. The van der Waals surface area contributed by atoms with E-state index in [1.807, 2.05) is 38.1 Å². The van der Waals surface area contributed by atoms with Gasteiger partial charge in [-0.25, -0.2) is 0 Å². The Kier molecular flexibility index (Phi) is 7.53. The van der Waals surface area contributed by atoms with E-state index < -0.39 is 0 Å². The first kappa shape index (κ1) is 22.3. The van der Waals surface area contributed by atoms with Crippen molar-refractivity contribution in [3.8, 4) is 0 Å². The molecule has 0 bridgehead atoms. The topological polar surface area (TPSA) is 52.7 Å². The molecular formula is C23H25Cl2N3O2. The predicted molar refractivity (Wildman–Crippen MR) is 123 cm³/mol. The van der Waals surface area contributed by atoms with Crippen molar-refractivity contribution in [2.45, 2.75) is 13.8 Å². The highest BCUT2D eigenvalue weighted by Crippen LogP contribution is 2.23. The first-order valence-electron chi connectivity index (χ1n) is 9.84. The Morgan fingerprint density at radius 1 is 1.00 bits per heavy atom. The van der Waals surface area contributed by atoms with E-state index in [-0.39, 0.29) is 11.8 Å². The molecule has 2 aromatic rings. The van der Waals surface area contributed by atoms with Gasteiger partial charge in [0.05, 0.1) is 16.6 Å². The molecule has 0 unspecified atom stereocenters. The number of aryl methyl sites for hydroxylation is 2. The summed E-state index contributed by atoms with van der Waals surface area (Å²) >= 11 is 11.9. The van der Waals surface area contributed by atoms with Gasteiger partial charge in [-0.3, -0.25) is 14.5 Å². The van der Waals surface area contributed by atoms with E-state index >= 15 is 0 Å². The first-order valence-corrected chi connectivity index (χ1v) is 10.6. The minimum atomic E-state index is -0.0549. The van der Waals surface area contributed by atoms with Crippen molar-refractivity contribution in [3.63, 3.8) is 0 Å². The maximum absolute atomic E-state index is 12.5. The number of nitrogens with one attached hydrogen (secondary N) is 1. The molecule has 7 heteroatoms. The van der Waals surface area contributed by atoms with Crippen molar-refractivity contribution in [1.82, 2.24) is 9.80 Å². The minimum absolute atomic E-state index is 0.0355. The summed E-state index contributed by atoms with van der Waals surface area (Å²) in [4.78, 5) is 28.7. The number of halogens is 2. The largest absolute Gasteiger partial charge is 0.337 e. The highest BCUT2D eigenvalue weighted by Gasteiger charge is 2.21. The fraction of sp³-hybridized carbons (Fsp3) is 0.304. The van der Waals surface area contributed by atoms with Crippen molar-refractivity contribution in [2.75, 3.05) is 38.0 Å². The molecular weight excluding hydrogens is 421 g/mol. The molecule has 0 aromatic heterocycles. The number of hydrogen-bond acceptors (Lipinski definition) is 3. The lowest BCUT2D eigenvalue weighted by atomic mass is 10.1. The third-order valence-electron chi connectivity index (χ3n) is 5.16. The number of rotatable bonds is 5. The Labute approximate surface area is 187 Å². The zero-order valence-corrected chi connectivity index (χ0v) is 18.6. The second kappa shape index (κ2) is 10.1. The lowest BCUT2D eigenvalue weighted by molar-refractivity contribution is -0.127. The van der Waals surface area contributed by atoms with Crippen molar-refractivity contribution < 1.29 is 9.59 Å². The number of para-hydroxylation sites is 1. The summed E-state index contributed by atoms with van der Waals surface area (Å²) in [6.07, 6.45) is 3.28. The van der Waals surface area contributed by atoms with Gasteiger partial charge in [-0.1, -0.05) is 47.5 Å². The molecule has 3 rings (SSSR count). The highest BCUT2D eigenvalue weighted by atomic mass is 35.5. The number of carbonyl (C=O) groups is 2. The third kappa shape index (κ3) is 5.85. The number of benzene rings is 2. The van der Waals surface area contributed by atoms with Crippen molar-refractivity contribution >= 4 is 46.8 Å². The molecule has 5 nitrogen and oxygen atoms in total. The Hall–Kier alpha value is -2.34. The molecule has 1 heterocycles. The second-order valence-corrected chi connectivity index (χ2v) is 8.24. The molecule has 1 saturated heterocycles. The van der Waals surface area contributed by atoms with E-state index in [9.17, 15) is 9.59 Å². The Morgan fingerprint density at radius 2 is 1.67 bits per heavy atom. The van der Waals surface area contributed by atoms with E-state index in [2.05, 4.69) is 10.2 Å². The molecule has 1 N–H and O–H groups in total. The third-order valence-corrected chi connectivity index (χ3v) is 5.90. The van der Waals surface area contributed by atoms with Crippen LogP contribution in [0.2, 0.25) is 10.0 Å². The predicted octanol–water partition coefficient (Wildman–Crippen LogP) is 4.41. The van der Waals surface area contributed by atoms with Gasteiger partial charge in [-0.15, -0.1) is 0 Å². The molecule has 0 spiro atoms. The average molecular weight is 446 g/mol. The van der Waals surface area contributed by atoms with Gasteiger partial charge in [0, 0.05) is 37.9 Å². The number of piperazine rings is 1. The Morgan fingerprint density at radius 3 is 2.30 bits per heavy atom. The smallest absolute Gasteiger partial charge is 0.246 e. The van der Waals surface area contributed by atoms with Gasteiger partial charge in [-0.2, -0.15) is 0 Å². The van der Waals surface area contributed by atoms with E-state index in [4.69, 9.17) is 23.2 Å². The maximum atomic E-state index is 12.5. The second-order valence-electron chi connectivity index (χ2n) is 7.42. The normalized spacial score (nSPS) is 14.9. The van der Waals surface area contributed by atoms with Crippen LogP contribution in [0.3, 0.4) is 0 Å². The van der Waals surface area contributed by atoms with Crippen LogP contribution in [0, 0.1) is 13.8 Å². The fourth-order valence-corrected chi connectivity index (χ4v) is 3.72. The SMILES string of the molecule is Cc1cccc(C)c1NC(=O)CN1CCN(C(=O)/C=C/c2ccc(Cl)c(Cl)c2)CC1. The first-order chi connectivity index (χ1) is 14.3. The van der Waals surface area contributed by atoms with Crippen molar-refractivity contribution in [1.29, 1.82) is 0 Å². The lowest BCUT2D eigenvalue weighted by Gasteiger charge is -2.33. The average Bonchev–Trinajstić information content (AvgIpc) is 2.72. The Balaban J connectivity index is 1.48. The van der Waals surface area contributed by atoms with Crippen LogP contribution in [0.25, 0.3) is 6.08 Å². The van der Waals surface area contributed by atoms with E-state index in [0.29, 0.717) is 42.8 Å². The number of anilines is 1. The van der Waals surface area contributed by atoms with Crippen LogP contribution in [0.1, 0.15) is 16.7 Å². The summed E-state index contributed by atoms with van der Waals surface area (Å²) in [5, 5.41) is 3.96. The lowest BCUT2D eigenvalue weighted by Crippen LogP contribution is -2.50. The number of amides is 2. The van der Waals surface area contributed by atoms with E-state index in [0.717, 1.165) is 22.4 Å². The van der Waals surface area contributed by atoms with Crippen LogP contribution in [-0.2, 0) is 9.59 Å². The summed E-state index contributed by atoms with van der Waals surface area (Å²) in [6.45, 7) is 6.77. The quantitative estimate of drug-likeness (QED) is 0.693. The van der Waals surface area contributed by atoms with Crippen LogP contribution in [0.5, 0.6) is 0 Å². The van der Waals surface area contributed by atoms with Gasteiger partial charge in [0.2, 0.25) is 11.8 Å². The molecule has 1 aliphatic heterocycles. The number of nitrogens with zero attached hydrogens (tertiary/aromatic N) is 2. The maximum Gasteiger partial charge on any atom is 0.246 e. The van der Waals surface area contributed by atoms with Crippen LogP contribution in [0.15, 0.2) is 42.5 Å². The molecule has 2 amide bonds. The summed E-state index contributed by atoms with van der Waals surface area (Å²) in [5.41, 5.74) is 3.79. The molecule has 2 aromatic carbocycles. The van der Waals surface area contributed by atoms with Crippen molar-refractivity contribution in [3.05, 3.63) is 69.2 Å². The number of hydrogen-bond donors (Lipinski definition) is 1. The highest BCUT2D eigenvalue weighted by molar-refractivity contribution is 6.42. The summed E-state index contributed by atoms with van der Waals surface area (Å²) < 4.78 is 0. The summed E-state index contributed by atoms with van der Waals surface area (Å²) in [5.74, 6) is -0.0904. The van der Waals surface area contributed by atoms with Crippen LogP contribution in [-0.4, -0.2) is 54.3 Å². The molecule has 0 aliphatic carbocycles. The minimum Gasteiger partial charge on any atom is -0.337 e. The van der Waals surface area contributed by atoms with Crippen molar-refractivity contribution in [2.24, 2.45) is 0 Å². The van der Waals surface area contributed by atoms with Gasteiger partial charge >= 0.3 is 0 Å². The van der Waals surface area contributed by atoms with Gasteiger partial charge < -0.3 is 10.2 Å². The molecule has 0 radical (unpaired) electrons. The van der Waals surface area contributed by atoms with Crippen LogP contribution < -0.4 is 5.32 Å².